The molecule has 0 fully saturated rings. The Morgan fingerprint density at radius 2 is 1.65 bits per heavy atom. The summed E-state index contributed by atoms with van der Waals surface area (Å²) >= 11 is 0. The summed E-state index contributed by atoms with van der Waals surface area (Å²) in [6.07, 6.45) is -0.468. The zero-order chi connectivity index (χ0) is 19.3. The Kier molecular flexibility index (Phi) is 6.14. The third kappa shape index (κ3) is 4.48. The summed E-state index contributed by atoms with van der Waals surface area (Å²) in [5, 5.41) is 2.05. The number of halogens is 2. The summed E-state index contributed by atoms with van der Waals surface area (Å²) in [6.45, 7) is 0. The van der Waals surface area contributed by atoms with Crippen LogP contribution in [0.15, 0.2) is 41.3 Å². The predicted octanol–water partition coefficient (Wildman–Crippen LogP) is 2.78. The number of hydrogen-bond acceptors (Lipinski definition) is 5. The zero-order valence-corrected chi connectivity index (χ0v) is 14.9. The maximum atomic E-state index is 13.5. The van der Waals surface area contributed by atoms with E-state index in [1.54, 1.807) is 0 Å². The number of hydrogen-bond donors (Lipinski definition) is 1. The third-order valence-electron chi connectivity index (χ3n) is 3.54. The second-order valence-electron chi connectivity index (χ2n) is 5.23. The Balaban J connectivity index is 2.09. The summed E-state index contributed by atoms with van der Waals surface area (Å²) in [5.74, 6) is -2.66. The lowest BCUT2D eigenvalue weighted by Gasteiger charge is -2.11. The number of nitrogens with one attached hydrogen (secondary N) is 1. The molecule has 0 aliphatic carbocycles. The van der Waals surface area contributed by atoms with Crippen molar-refractivity contribution in [3.8, 4) is 11.5 Å². The fourth-order valence-corrected chi connectivity index (χ4v) is 3.43. The SMILES string of the molecule is COc1ccc(S(=O)(=O)CCC(=O)Nc2c(F)cccc2F)cc1OC. The highest BCUT2D eigenvalue weighted by Crippen LogP contribution is 2.30. The fourth-order valence-electron chi connectivity index (χ4n) is 2.17. The lowest BCUT2D eigenvalue weighted by Crippen LogP contribution is -2.18. The van der Waals surface area contributed by atoms with Crippen molar-refractivity contribution >= 4 is 21.4 Å². The van der Waals surface area contributed by atoms with Crippen molar-refractivity contribution in [3.63, 3.8) is 0 Å². The van der Waals surface area contributed by atoms with Crippen molar-refractivity contribution in [2.24, 2.45) is 0 Å². The van der Waals surface area contributed by atoms with Gasteiger partial charge in [0, 0.05) is 12.5 Å². The molecule has 2 aromatic carbocycles. The first kappa shape index (κ1) is 19.6. The Morgan fingerprint density at radius 1 is 1.04 bits per heavy atom. The van der Waals surface area contributed by atoms with Gasteiger partial charge in [0.2, 0.25) is 5.91 Å². The molecule has 0 unspecified atom stereocenters. The summed E-state index contributed by atoms with van der Waals surface area (Å²) < 4.78 is 61.8. The Morgan fingerprint density at radius 3 is 2.23 bits per heavy atom. The quantitative estimate of drug-likeness (QED) is 0.793. The summed E-state index contributed by atoms with van der Waals surface area (Å²) in [5.41, 5.74) is -0.610. The Labute approximate surface area is 149 Å². The second kappa shape index (κ2) is 8.13. The molecule has 0 aliphatic heterocycles. The molecule has 0 heterocycles. The van der Waals surface area contributed by atoms with Crippen molar-refractivity contribution in [1.82, 2.24) is 0 Å². The van der Waals surface area contributed by atoms with E-state index in [2.05, 4.69) is 0 Å². The molecule has 9 heteroatoms. The van der Waals surface area contributed by atoms with Crippen LogP contribution in [0, 0.1) is 11.6 Å². The molecule has 2 rings (SSSR count). The van der Waals surface area contributed by atoms with Crippen molar-refractivity contribution in [2.75, 3.05) is 25.3 Å². The van der Waals surface area contributed by atoms with Gasteiger partial charge in [0.25, 0.3) is 0 Å². The van der Waals surface area contributed by atoms with Crippen LogP contribution in [0.25, 0.3) is 0 Å². The van der Waals surface area contributed by atoms with Gasteiger partial charge in [0.1, 0.15) is 17.3 Å². The van der Waals surface area contributed by atoms with Gasteiger partial charge >= 0.3 is 0 Å². The van der Waals surface area contributed by atoms with E-state index >= 15 is 0 Å². The minimum atomic E-state index is -3.81. The normalized spacial score (nSPS) is 11.1. The molecule has 0 spiro atoms. The lowest BCUT2D eigenvalue weighted by atomic mass is 10.3. The molecule has 1 N–H and O–H groups in total. The zero-order valence-electron chi connectivity index (χ0n) is 14.1. The molecule has 140 valence electrons. The van der Waals surface area contributed by atoms with Crippen LogP contribution in [-0.4, -0.2) is 34.3 Å². The molecule has 0 bridgehead atoms. The maximum absolute atomic E-state index is 13.5. The molecule has 2 aromatic rings. The summed E-state index contributed by atoms with van der Waals surface area (Å²) in [6, 6.07) is 7.16. The van der Waals surface area contributed by atoms with Gasteiger partial charge < -0.3 is 14.8 Å². The number of anilines is 1. The van der Waals surface area contributed by atoms with Gasteiger partial charge in [-0.25, -0.2) is 17.2 Å². The van der Waals surface area contributed by atoms with E-state index in [4.69, 9.17) is 9.47 Å². The number of sulfone groups is 1. The predicted molar refractivity (Wildman–Crippen MR) is 91.2 cm³/mol. The summed E-state index contributed by atoms with van der Waals surface area (Å²) in [4.78, 5) is 11.8. The average molecular weight is 385 g/mol. The third-order valence-corrected chi connectivity index (χ3v) is 5.25. The number of benzene rings is 2. The second-order valence-corrected chi connectivity index (χ2v) is 7.34. The van der Waals surface area contributed by atoms with Gasteiger partial charge in [-0.3, -0.25) is 4.79 Å². The van der Waals surface area contributed by atoms with E-state index < -0.39 is 45.2 Å². The number of methoxy groups -OCH3 is 2. The molecule has 0 aromatic heterocycles. The molecule has 6 nitrogen and oxygen atoms in total. The smallest absolute Gasteiger partial charge is 0.225 e. The van der Waals surface area contributed by atoms with E-state index in [1.807, 2.05) is 5.32 Å². The van der Waals surface area contributed by atoms with Crippen LogP contribution in [0.2, 0.25) is 0 Å². The standard InChI is InChI=1S/C17H17F2NO5S/c1-24-14-7-6-11(10-15(14)25-2)26(22,23)9-8-16(21)20-17-12(18)4-3-5-13(17)19/h3-7,10H,8-9H2,1-2H3,(H,20,21). The number of amides is 1. The number of rotatable bonds is 7. The van der Waals surface area contributed by atoms with Crippen LogP contribution in [0.5, 0.6) is 11.5 Å². The van der Waals surface area contributed by atoms with Gasteiger partial charge in [-0.1, -0.05) is 6.07 Å². The fraction of sp³-hybridized carbons (Fsp3) is 0.235. The molecule has 0 atom stereocenters. The van der Waals surface area contributed by atoms with Crippen molar-refractivity contribution < 1.29 is 31.5 Å². The van der Waals surface area contributed by atoms with Crippen LogP contribution in [0.3, 0.4) is 0 Å². The van der Waals surface area contributed by atoms with E-state index in [1.165, 1.54) is 32.4 Å². The largest absolute Gasteiger partial charge is 0.493 e. The van der Waals surface area contributed by atoms with Crippen LogP contribution in [0.1, 0.15) is 6.42 Å². The van der Waals surface area contributed by atoms with Crippen molar-refractivity contribution in [3.05, 3.63) is 48.0 Å². The van der Waals surface area contributed by atoms with Gasteiger partial charge in [0.15, 0.2) is 21.3 Å². The minimum absolute atomic E-state index is 0.0555. The van der Waals surface area contributed by atoms with E-state index in [0.717, 1.165) is 18.2 Å². The van der Waals surface area contributed by atoms with Crippen LogP contribution >= 0.6 is 0 Å². The summed E-state index contributed by atoms with van der Waals surface area (Å²) in [7, 11) is -1.03. The first-order valence-electron chi connectivity index (χ1n) is 7.47. The molecule has 0 radical (unpaired) electrons. The Hall–Kier alpha value is -2.68. The monoisotopic (exact) mass is 385 g/mol. The van der Waals surface area contributed by atoms with Crippen molar-refractivity contribution in [2.45, 2.75) is 11.3 Å². The first-order valence-corrected chi connectivity index (χ1v) is 9.12. The molecule has 0 aliphatic rings. The highest BCUT2D eigenvalue weighted by molar-refractivity contribution is 7.91. The highest BCUT2D eigenvalue weighted by Gasteiger charge is 2.20. The molecule has 26 heavy (non-hydrogen) atoms. The molecular formula is C17H17F2NO5S. The topological polar surface area (TPSA) is 81.7 Å². The highest BCUT2D eigenvalue weighted by atomic mass is 32.2. The van der Waals surface area contributed by atoms with Crippen LogP contribution < -0.4 is 14.8 Å². The number of ether oxygens (including phenoxy) is 2. The van der Waals surface area contributed by atoms with Crippen LogP contribution in [-0.2, 0) is 14.6 Å². The number of carbonyl (C=O) groups is 1. The van der Waals surface area contributed by atoms with Gasteiger partial charge in [-0.2, -0.15) is 0 Å². The first-order chi connectivity index (χ1) is 12.3. The van der Waals surface area contributed by atoms with Gasteiger partial charge in [-0.05, 0) is 24.3 Å². The minimum Gasteiger partial charge on any atom is -0.493 e. The molecule has 0 saturated carbocycles. The number of para-hydroxylation sites is 1. The van der Waals surface area contributed by atoms with E-state index in [9.17, 15) is 22.0 Å². The van der Waals surface area contributed by atoms with E-state index in [-0.39, 0.29) is 10.6 Å². The lowest BCUT2D eigenvalue weighted by molar-refractivity contribution is -0.115. The molecule has 1 amide bonds. The van der Waals surface area contributed by atoms with Gasteiger partial charge in [0.05, 0.1) is 24.9 Å². The molecular weight excluding hydrogens is 368 g/mol. The number of carbonyl (C=O) groups excluding carboxylic acids is 1. The van der Waals surface area contributed by atoms with Crippen molar-refractivity contribution in [1.29, 1.82) is 0 Å². The van der Waals surface area contributed by atoms with Gasteiger partial charge in [-0.15, -0.1) is 0 Å². The Bertz CT molecular complexity index is 895. The van der Waals surface area contributed by atoms with Crippen LogP contribution in [0.4, 0.5) is 14.5 Å². The maximum Gasteiger partial charge on any atom is 0.225 e. The average Bonchev–Trinajstić information content (AvgIpc) is 2.62. The molecule has 0 saturated heterocycles. The van der Waals surface area contributed by atoms with E-state index in [0.29, 0.717) is 5.75 Å².